The maximum atomic E-state index is 13.1. The SMILES string of the molecule is CC(CN1CCN(c2ccc(F)cc2)CC1)N1C(=O)c2ccccc2C1=O. The molecule has 27 heavy (non-hydrogen) atoms. The first-order chi connectivity index (χ1) is 13.0. The molecule has 2 aliphatic rings. The van der Waals surface area contributed by atoms with Crippen molar-refractivity contribution in [1.29, 1.82) is 0 Å². The van der Waals surface area contributed by atoms with Gasteiger partial charge in [0.05, 0.1) is 17.2 Å². The maximum Gasteiger partial charge on any atom is 0.261 e. The van der Waals surface area contributed by atoms with Crippen LogP contribution in [0.15, 0.2) is 48.5 Å². The van der Waals surface area contributed by atoms with Crippen molar-refractivity contribution in [2.75, 3.05) is 37.6 Å². The summed E-state index contributed by atoms with van der Waals surface area (Å²) in [6, 6.07) is 13.4. The summed E-state index contributed by atoms with van der Waals surface area (Å²) in [4.78, 5) is 31.1. The van der Waals surface area contributed by atoms with E-state index < -0.39 is 0 Å². The largest absolute Gasteiger partial charge is 0.369 e. The minimum absolute atomic E-state index is 0.185. The molecular formula is C21H22FN3O2. The first-order valence-corrected chi connectivity index (χ1v) is 9.24. The summed E-state index contributed by atoms with van der Waals surface area (Å²) in [5.74, 6) is -0.631. The van der Waals surface area contributed by atoms with Crippen molar-refractivity contribution in [3.8, 4) is 0 Å². The summed E-state index contributed by atoms with van der Waals surface area (Å²) in [6.07, 6.45) is 0. The summed E-state index contributed by atoms with van der Waals surface area (Å²) in [6.45, 7) is 5.92. The number of hydrogen-bond donors (Lipinski definition) is 0. The first-order valence-electron chi connectivity index (χ1n) is 9.24. The number of anilines is 1. The Balaban J connectivity index is 1.36. The number of rotatable bonds is 4. The van der Waals surface area contributed by atoms with Gasteiger partial charge in [-0.15, -0.1) is 0 Å². The van der Waals surface area contributed by atoms with Crippen LogP contribution in [0.3, 0.4) is 0 Å². The van der Waals surface area contributed by atoms with Crippen LogP contribution in [0.1, 0.15) is 27.6 Å². The van der Waals surface area contributed by atoms with Gasteiger partial charge in [0.2, 0.25) is 0 Å². The van der Waals surface area contributed by atoms with Gasteiger partial charge in [-0.3, -0.25) is 19.4 Å². The molecule has 0 N–H and O–H groups in total. The lowest BCUT2D eigenvalue weighted by molar-refractivity contribution is 0.0557. The summed E-state index contributed by atoms with van der Waals surface area (Å²) in [5, 5.41) is 0. The molecule has 2 aromatic carbocycles. The molecule has 0 saturated carbocycles. The predicted molar refractivity (Wildman–Crippen MR) is 101 cm³/mol. The zero-order valence-electron chi connectivity index (χ0n) is 15.3. The van der Waals surface area contributed by atoms with Gasteiger partial charge in [-0.25, -0.2) is 4.39 Å². The van der Waals surface area contributed by atoms with Crippen molar-refractivity contribution in [3.05, 3.63) is 65.5 Å². The van der Waals surface area contributed by atoms with Crippen molar-refractivity contribution >= 4 is 17.5 Å². The van der Waals surface area contributed by atoms with Gasteiger partial charge in [0.15, 0.2) is 0 Å². The topological polar surface area (TPSA) is 43.9 Å². The van der Waals surface area contributed by atoms with Crippen molar-refractivity contribution in [3.63, 3.8) is 0 Å². The number of fused-ring (bicyclic) bond motifs is 1. The Bertz CT molecular complexity index is 825. The Kier molecular flexibility index (Phi) is 4.66. The van der Waals surface area contributed by atoms with Gasteiger partial charge in [-0.2, -0.15) is 0 Å². The van der Waals surface area contributed by atoms with Crippen LogP contribution in [0.25, 0.3) is 0 Å². The molecule has 1 atom stereocenters. The van der Waals surface area contributed by atoms with Crippen LogP contribution in [-0.2, 0) is 0 Å². The van der Waals surface area contributed by atoms with Gasteiger partial charge < -0.3 is 4.90 Å². The fourth-order valence-electron chi connectivity index (χ4n) is 3.90. The molecule has 6 heteroatoms. The standard InChI is InChI=1S/C21H22FN3O2/c1-15(25-20(26)18-4-2-3-5-19(18)21(25)27)14-23-10-12-24(13-11-23)17-8-6-16(22)7-9-17/h2-9,15H,10-14H2,1H3. The number of halogens is 1. The van der Waals surface area contributed by atoms with E-state index in [2.05, 4.69) is 9.80 Å². The van der Waals surface area contributed by atoms with E-state index in [-0.39, 0.29) is 23.7 Å². The summed E-state index contributed by atoms with van der Waals surface area (Å²) < 4.78 is 13.1. The van der Waals surface area contributed by atoms with Crippen LogP contribution in [-0.4, -0.2) is 60.4 Å². The third kappa shape index (κ3) is 3.32. The fraction of sp³-hybridized carbons (Fsp3) is 0.333. The summed E-state index contributed by atoms with van der Waals surface area (Å²) >= 11 is 0. The molecule has 1 saturated heterocycles. The Hall–Kier alpha value is -2.73. The molecular weight excluding hydrogens is 345 g/mol. The lowest BCUT2D eigenvalue weighted by Gasteiger charge is -2.38. The van der Waals surface area contributed by atoms with Crippen molar-refractivity contribution in [2.45, 2.75) is 13.0 Å². The van der Waals surface area contributed by atoms with Crippen molar-refractivity contribution in [1.82, 2.24) is 9.80 Å². The number of carbonyl (C=O) groups excluding carboxylic acids is 2. The molecule has 0 spiro atoms. The third-order valence-electron chi connectivity index (χ3n) is 5.35. The first kappa shape index (κ1) is 17.7. The van der Waals surface area contributed by atoms with Crippen LogP contribution in [0.2, 0.25) is 0 Å². The molecule has 4 rings (SSSR count). The van der Waals surface area contributed by atoms with Crippen LogP contribution in [0.4, 0.5) is 10.1 Å². The molecule has 0 aliphatic carbocycles. The van der Waals surface area contributed by atoms with Gasteiger partial charge in [-0.1, -0.05) is 12.1 Å². The van der Waals surface area contributed by atoms with E-state index in [1.165, 1.54) is 17.0 Å². The number of carbonyl (C=O) groups is 2. The molecule has 0 aromatic heterocycles. The average Bonchev–Trinajstić information content (AvgIpc) is 2.94. The molecule has 1 fully saturated rings. The highest BCUT2D eigenvalue weighted by Crippen LogP contribution is 2.25. The van der Waals surface area contributed by atoms with E-state index in [0.29, 0.717) is 17.7 Å². The highest BCUT2D eigenvalue weighted by molar-refractivity contribution is 6.21. The highest BCUT2D eigenvalue weighted by atomic mass is 19.1. The van der Waals surface area contributed by atoms with E-state index >= 15 is 0 Å². The smallest absolute Gasteiger partial charge is 0.261 e. The molecule has 5 nitrogen and oxygen atoms in total. The number of imide groups is 1. The Morgan fingerprint density at radius 2 is 1.44 bits per heavy atom. The maximum absolute atomic E-state index is 13.1. The Labute approximate surface area is 158 Å². The zero-order chi connectivity index (χ0) is 19.0. The highest BCUT2D eigenvalue weighted by Gasteiger charge is 2.38. The van der Waals surface area contributed by atoms with Crippen molar-refractivity contribution in [2.24, 2.45) is 0 Å². The van der Waals surface area contributed by atoms with E-state index in [9.17, 15) is 14.0 Å². The quantitative estimate of drug-likeness (QED) is 0.780. The summed E-state index contributed by atoms with van der Waals surface area (Å²) in [5.41, 5.74) is 2.01. The minimum Gasteiger partial charge on any atom is -0.369 e. The zero-order valence-corrected chi connectivity index (χ0v) is 15.3. The number of hydrogen-bond acceptors (Lipinski definition) is 4. The Morgan fingerprint density at radius 1 is 0.889 bits per heavy atom. The van der Waals surface area contributed by atoms with Gasteiger partial charge in [0.25, 0.3) is 11.8 Å². The van der Waals surface area contributed by atoms with Gasteiger partial charge >= 0.3 is 0 Å². The van der Waals surface area contributed by atoms with Gasteiger partial charge in [0.1, 0.15) is 5.82 Å². The lowest BCUT2D eigenvalue weighted by Crippen LogP contribution is -2.51. The number of amides is 2. The second kappa shape index (κ2) is 7.12. The van der Waals surface area contributed by atoms with E-state index in [1.54, 1.807) is 36.4 Å². The monoisotopic (exact) mass is 367 g/mol. The van der Waals surface area contributed by atoms with Crippen LogP contribution in [0, 0.1) is 5.82 Å². The predicted octanol–water partition coefficient (Wildman–Crippen LogP) is 2.63. The number of benzene rings is 2. The molecule has 0 radical (unpaired) electrons. The molecule has 2 amide bonds. The van der Waals surface area contributed by atoms with Crippen LogP contribution < -0.4 is 4.90 Å². The van der Waals surface area contributed by atoms with E-state index in [1.807, 2.05) is 6.92 Å². The lowest BCUT2D eigenvalue weighted by atomic mass is 10.1. The summed E-state index contributed by atoms with van der Waals surface area (Å²) in [7, 11) is 0. The molecule has 1 unspecified atom stereocenters. The van der Waals surface area contributed by atoms with Crippen LogP contribution in [0.5, 0.6) is 0 Å². The number of piperazine rings is 1. The van der Waals surface area contributed by atoms with Crippen molar-refractivity contribution < 1.29 is 14.0 Å². The second-order valence-electron chi connectivity index (χ2n) is 7.14. The molecule has 2 aliphatic heterocycles. The fourth-order valence-corrected chi connectivity index (χ4v) is 3.90. The van der Waals surface area contributed by atoms with E-state index in [4.69, 9.17) is 0 Å². The van der Waals surface area contributed by atoms with Crippen LogP contribution >= 0.6 is 0 Å². The van der Waals surface area contributed by atoms with Gasteiger partial charge in [0, 0.05) is 38.4 Å². The number of nitrogens with zero attached hydrogens (tertiary/aromatic N) is 3. The normalized spacial score (nSPS) is 18.7. The third-order valence-corrected chi connectivity index (χ3v) is 5.35. The van der Waals surface area contributed by atoms with Gasteiger partial charge in [-0.05, 0) is 43.3 Å². The molecule has 2 aromatic rings. The molecule has 2 heterocycles. The second-order valence-corrected chi connectivity index (χ2v) is 7.14. The molecule has 140 valence electrons. The Morgan fingerprint density at radius 3 is 2.00 bits per heavy atom. The van der Waals surface area contributed by atoms with E-state index in [0.717, 1.165) is 31.9 Å². The average molecular weight is 367 g/mol. The molecule has 0 bridgehead atoms. The minimum atomic E-state index is -0.229.